The molecule has 0 aliphatic rings. The monoisotopic (exact) mass is 237 g/mol. The SMILES string of the molecule is C=C(COCCP(=O)(O)O)C(=O)NCC. The molecule has 6 nitrogen and oxygen atoms in total. The summed E-state index contributed by atoms with van der Waals surface area (Å²) in [6, 6.07) is 0. The summed E-state index contributed by atoms with van der Waals surface area (Å²) in [5.74, 6) is -0.311. The van der Waals surface area contributed by atoms with Gasteiger partial charge in [-0.25, -0.2) is 0 Å². The molecule has 15 heavy (non-hydrogen) atoms. The number of hydrogen-bond acceptors (Lipinski definition) is 3. The Hall–Kier alpha value is -0.680. The number of rotatable bonds is 7. The zero-order valence-electron chi connectivity index (χ0n) is 8.60. The Labute approximate surface area is 88.5 Å². The van der Waals surface area contributed by atoms with Crippen LogP contribution in [0.2, 0.25) is 0 Å². The molecule has 0 saturated carbocycles. The smallest absolute Gasteiger partial charge is 0.327 e. The van der Waals surface area contributed by atoms with E-state index in [0.29, 0.717) is 6.54 Å². The van der Waals surface area contributed by atoms with E-state index in [4.69, 9.17) is 14.5 Å². The first-order valence-electron chi connectivity index (χ1n) is 4.45. The number of carbonyl (C=O) groups excluding carboxylic acids is 1. The minimum absolute atomic E-state index is 0.0220. The second kappa shape index (κ2) is 6.74. The van der Waals surface area contributed by atoms with Crippen molar-refractivity contribution in [2.24, 2.45) is 0 Å². The third-order valence-corrected chi connectivity index (χ3v) is 2.23. The molecule has 0 radical (unpaired) electrons. The number of hydrogen-bond donors (Lipinski definition) is 3. The first kappa shape index (κ1) is 14.3. The Kier molecular flexibility index (Phi) is 6.43. The average Bonchev–Trinajstić information content (AvgIpc) is 2.11. The van der Waals surface area contributed by atoms with Crippen molar-refractivity contribution < 1.29 is 23.9 Å². The highest BCUT2D eigenvalue weighted by Crippen LogP contribution is 2.33. The molecule has 1 amide bonds. The van der Waals surface area contributed by atoms with Crippen molar-refractivity contribution in [2.75, 3.05) is 25.9 Å². The van der Waals surface area contributed by atoms with Gasteiger partial charge in [-0.1, -0.05) is 6.58 Å². The highest BCUT2D eigenvalue weighted by Gasteiger charge is 2.12. The summed E-state index contributed by atoms with van der Waals surface area (Å²) in [6.45, 7) is 5.64. The van der Waals surface area contributed by atoms with Gasteiger partial charge in [0.05, 0.1) is 19.4 Å². The minimum Gasteiger partial charge on any atom is -0.376 e. The van der Waals surface area contributed by atoms with Crippen molar-refractivity contribution in [1.29, 1.82) is 0 Å². The predicted molar refractivity (Wildman–Crippen MR) is 55.6 cm³/mol. The van der Waals surface area contributed by atoms with Gasteiger partial charge < -0.3 is 19.8 Å². The third-order valence-electron chi connectivity index (χ3n) is 1.46. The summed E-state index contributed by atoms with van der Waals surface area (Å²) in [7, 11) is -4.02. The van der Waals surface area contributed by atoms with E-state index in [1.54, 1.807) is 6.92 Å². The van der Waals surface area contributed by atoms with E-state index in [0.717, 1.165) is 0 Å². The molecule has 0 heterocycles. The molecular weight excluding hydrogens is 221 g/mol. The summed E-state index contributed by atoms with van der Waals surface area (Å²) in [5.41, 5.74) is 0.238. The van der Waals surface area contributed by atoms with Crippen LogP contribution in [0.15, 0.2) is 12.2 Å². The molecular formula is C8H16NO5P. The van der Waals surface area contributed by atoms with Crippen molar-refractivity contribution in [3.8, 4) is 0 Å². The van der Waals surface area contributed by atoms with Gasteiger partial charge in [0.2, 0.25) is 5.91 Å². The van der Waals surface area contributed by atoms with Gasteiger partial charge >= 0.3 is 7.60 Å². The highest BCUT2D eigenvalue weighted by atomic mass is 31.2. The van der Waals surface area contributed by atoms with Crippen LogP contribution in [-0.2, 0) is 14.1 Å². The summed E-state index contributed by atoms with van der Waals surface area (Å²) in [4.78, 5) is 28.1. The highest BCUT2D eigenvalue weighted by molar-refractivity contribution is 7.51. The number of ether oxygens (including phenoxy) is 1. The number of carbonyl (C=O) groups is 1. The Balaban J connectivity index is 3.64. The lowest BCUT2D eigenvalue weighted by Crippen LogP contribution is -2.26. The molecule has 0 bridgehead atoms. The first-order valence-corrected chi connectivity index (χ1v) is 6.25. The van der Waals surface area contributed by atoms with E-state index in [-0.39, 0.29) is 30.9 Å². The van der Waals surface area contributed by atoms with Gasteiger partial charge in [-0.3, -0.25) is 9.36 Å². The van der Waals surface area contributed by atoms with Gasteiger partial charge in [-0.2, -0.15) is 0 Å². The summed E-state index contributed by atoms with van der Waals surface area (Å²) in [5, 5.41) is 2.53. The standard InChI is InChI=1S/C8H16NO5P/c1-3-9-8(10)7(2)6-14-4-5-15(11,12)13/h2-6H2,1H3,(H,9,10)(H2,11,12,13). The lowest BCUT2D eigenvalue weighted by atomic mass is 10.3. The van der Waals surface area contributed by atoms with Crippen LogP contribution in [0.1, 0.15) is 6.92 Å². The van der Waals surface area contributed by atoms with Crippen molar-refractivity contribution in [2.45, 2.75) is 6.92 Å². The Morgan fingerprint density at radius 2 is 2.13 bits per heavy atom. The average molecular weight is 237 g/mol. The summed E-state index contributed by atoms with van der Waals surface area (Å²) in [6.07, 6.45) is -0.352. The molecule has 0 rings (SSSR count). The predicted octanol–water partition coefficient (Wildman–Crippen LogP) is -0.127. The lowest BCUT2D eigenvalue weighted by molar-refractivity contribution is -0.117. The van der Waals surface area contributed by atoms with E-state index in [1.807, 2.05) is 0 Å². The number of likely N-dealkylation sites (N-methyl/N-ethyl adjacent to an activating group) is 1. The van der Waals surface area contributed by atoms with Crippen LogP contribution in [0.25, 0.3) is 0 Å². The Morgan fingerprint density at radius 3 is 2.60 bits per heavy atom. The van der Waals surface area contributed by atoms with E-state index in [9.17, 15) is 9.36 Å². The summed E-state index contributed by atoms with van der Waals surface area (Å²) >= 11 is 0. The fourth-order valence-corrected chi connectivity index (χ4v) is 1.10. The van der Waals surface area contributed by atoms with Crippen LogP contribution in [0.3, 0.4) is 0 Å². The lowest BCUT2D eigenvalue weighted by Gasteiger charge is -2.07. The maximum Gasteiger partial charge on any atom is 0.327 e. The molecule has 0 unspecified atom stereocenters. The number of amides is 1. The molecule has 0 aromatic heterocycles. The van der Waals surface area contributed by atoms with E-state index < -0.39 is 7.60 Å². The minimum atomic E-state index is -4.02. The third kappa shape index (κ3) is 8.32. The van der Waals surface area contributed by atoms with Crippen molar-refractivity contribution in [3.05, 3.63) is 12.2 Å². The largest absolute Gasteiger partial charge is 0.376 e. The van der Waals surface area contributed by atoms with E-state index in [2.05, 4.69) is 11.9 Å². The van der Waals surface area contributed by atoms with Gasteiger partial charge in [0.1, 0.15) is 0 Å². The Bertz CT molecular complexity index is 272. The van der Waals surface area contributed by atoms with Gasteiger partial charge in [0.25, 0.3) is 0 Å². The molecule has 0 aliphatic carbocycles. The van der Waals surface area contributed by atoms with E-state index >= 15 is 0 Å². The molecule has 0 aromatic rings. The van der Waals surface area contributed by atoms with Crippen LogP contribution in [0.5, 0.6) is 0 Å². The van der Waals surface area contributed by atoms with Gasteiger partial charge in [-0.15, -0.1) is 0 Å². The normalized spacial score (nSPS) is 11.1. The molecule has 3 N–H and O–H groups in total. The van der Waals surface area contributed by atoms with Crippen LogP contribution in [0, 0.1) is 0 Å². The molecule has 0 spiro atoms. The fourth-order valence-electron chi connectivity index (χ4n) is 0.730. The van der Waals surface area contributed by atoms with Crippen molar-refractivity contribution in [3.63, 3.8) is 0 Å². The van der Waals surface area contributed by atoms with Crippen molar-refractivity contribution >= 4 is 13.5 Å². The topological polar surface area (TPSA) is 95.9 Å². The van der Waals surface area contributed by atoms with Crippen LogP contribution >= 0.6 is 7.60 Å². The van der Waals surface area contributed by atoms with Crippen LogP contribution < -0.4 is 5.32 Å². The second-order valence-electron chi connectivity index (χ2n) is 2.90. The quantitative estimate of drug-likeness (QED) is 0.326. The van der Waals surface area contributed by atoms with Crippen LogP contribution in [0.4, 0.5) is 0 Å². The summed E-state index contributed by atoms with van der Waals surface area (Å²) < 4.78 is 15.3. The molecule has 0 fully saturated rings. The van der Waals surface area contributed by atoms with E-state index in [1.165, 1.54) is 0 Å². The molecule has 0 aliphatic heterocycles. The first-order chi connectivity index (χ1) is 6.87. The van der Waals surface area contributed by atoms with Crippen LogP contribution in [-0.4, -0.2) is 41.6 Å². The van der Waals surface area contributed by atoms with Gasteiger partial charge in [0, 0.05) is 12.1 Å². The second-order valence-corrected chi connectivity index (χ2v) is 4.68. The number of nitrogens with one attached hydrogen (secondary N) is 1. The maximum atomic E-state index is 11.1. The molecule has 0 aromatic carbocycles. The Morgan fingerprint density at radius 1 is 1.53 bits per heavy atom. The zero-order valence-corrected chi connectivity index (χ0v) is 9.50. The fraction of sp³-hybridized carbons (Fsp3) is 0.625. The maximum absolute atomic E-state index is 11.1. The molecule has 0 atom stereocenters. The zero-order chi connectivity index (χ0) is 11.9. The van der Waals surface area contributed by atoms with Crippen molar-refractivity contribution in [1.82, 2.24) is 5.32 Å². The molecule has 7 heteroatoms. The molecule has 0 saturated heterocycles. The van der Waals surface area contributed by atoms with Gasteiger partial charge in [0.15, 0.2) is 0 Å². The van der Waals surface area contributed by atoms with Gasteiger partial charge in [-0.05, 0) is 6.92 Å². The molecule has 88 valence electrons.